The number of nitrogens with zero attached hydrogens (tertiary/aromatic N) is 2. The van der Waals surface area contributed by atoms with Crippen molar-refractivity contribution >= 4 is 16.7 Å². The molecule has 0 saturated heterocycles. The molecule has 0 atom stereocenters. The Bertz CT molecular complexity index is 537. The summed E-state index contributed by atoms with van der Waals surface area (Å²) in [5.74, 6) is 1.75. The third-order valence-corrected chi connectivity index (χ3v) is 3.55. The lowest BCUT2D eigenvalue weighted by molar-refractivity contribution is 0.414. The second-order valence-corrected chi connectivity index (χ2v) is 5.21. The number of rotatable bonds is 5. The molecule has 1 aliphatic carbocycles. The highest BCUT2D eigenvalue weighted by Gasteiger charge is 2.22. The molecule has 3 rings (SSSR count). The van der Waals surface area contributed by atoms with E-state index in [1.165, 1.54) is 29.9 Å². The van der Waals surface area contributed by atoms with Crippen molar-refractivity contribution in [1.82, 2.24) is 9.36 Å². The van der Waals surface area contributed by atoms with Crippen LogP contribution in [0.15, 0.2) is 24.3 Å². The van der Waals surface area contributed by atoms with Crippen molar-refractivity contribution < 1.29 is 4.74 Å². The van der Waals surface area contributed by atoms with Crippen LogP contribution in [0.1, 0.15) is 24.2 Å². The molecule has 94 valence electrons. The Kier molecular flexibility index (Phi) is 3.15. The molecule has 2 aromatic rings. The Hall–Kier alpha value is -1.62. The van der Waals surface area contributed by atoms with Gasteiger partial charge in [0.15, 0.2) is 0 Å². The average Bonchev–Trinajstić information content (AvgIpc) is 3.09. The highest BCUT2D eigenvalue weighted by Crippen LogP contribution is 2.26. The summed E-state index contributed by atoms with van der Waals surface area (Å²) in [6.07, 6.45) is 3.26. The first kappa shape index (κ1) is 11.5. The second-order valence-electron chi connectivity index (χ2n) is 4.46. The van der Waals surface area contributed by atoms with Crippen molar-refractivity contribution in [1.29, 1.82) is 0 Å². The number of benzene rings is 1. The van der Waals surface area contributed by atoms with E-state index in [0.29, 0.717) is 6.04 Å². The highest BCUT2D eigenvalue weighted by molar-refractivity contribution is 7.09. The van der Waals surface area contributed by atoms with Gasteiger partial charge in [0, 0.05) is 24.0 Å². The molecule has 1 aromatic heterocycles. The van der Waals surface area contributed by atoms with Crippen LogP contribution >= 0.6 is 11.5 Å². The molecule has 0 amide bonds. The van der Waals surface area contributed by atoms with Crippen LogP contribution in [0.25, 0.3) is 0 Å². The molecule has 0 spiro atoms. The van der Waals surface area contributed by atoms with Gasteiger partial charge in [-0.1, -0.05) is 12.1 Å². The lowest BCUT2D eigenvalue weighted by Gasteiger charge is -2.02. The lowest BCUT2D eigenvalue weighted by atomic mass is 10.1. The summed E-state index contributed by atoms with van der Waals surface area (Å²) in [6.45, 7) is 0. The van der Waals surface area contributed by atoms with Gasteiger partial charge in [-0.25, -0.2) is 4.98 Å². The quantitative estimate of drug-likeness (QED) is 0.899. The molecule has 18 heavy (non-hydrogen) atoms. The van der Waals surface area contributed by atoms with Crippen LogP contribution in [0.4, 0.5) is 5.13 Å². The summed E-state index contributed by atoms with van der Waals surface area (Å²) in [4.78, 5) is 4.50. The molecule has 1 aromatic carbocycles. The van der Waals surface area contributed by atoms with Gasteiger partial charge in [-0.3, -0.25) is 0 Å². The second kappa shape index (κ2) is 4.94. The van der Waals surface area contributed by atoms with Gasteiger partial charge in [-0.05, 0) is 30.5 Å². The van der Waals surface area contributed by atoms with Gasteiger partial charge in [-0.15, -0.1) is 0 Å². The summed E-state index contributed by atoms with van der Waals surface area (Å²) < 4.78 is 9.58. The van der Waals surface area contributed by atoms with E-state index in [1.807, 2.05) is 18.2 Å². The SMILES string of the molecule is COc1cccc(Cc2nsc(NC3CC3)n2)c1. The number of ether oxygens (including phenoxy) is 1. The van der Waals surface area contributed by atoms with Crippen molar-refractivity contribution in [3.63, 3.8) is 0 Å². The van der Waals surface area contributed by atoms with Crippen LogP contribution < -0.4 is 10.1 Å². The van der Waals surface area contributed by atoms with E-state index in [4.69, 9.17) is 4.74 Å². The number of aromatic nitrogens is 2. The van der Waals surface area contributed by atoms with E-state index in [2.05, 4.69) is 20.7 Å². The zero-order valence-corrected chi connectivity index (χ0v) is 11.0. The molecule has 1 saturated carbocycles. The van der Waals surface area contributed by atoms with Gasteiger partial charge >= 0.3 is 0 Å². The minimum atomic E-state index is 0.627. The molecule has 0 bridgehead atoms. The molecule has 1 heterocycles. The van der Waals surface area contributed by atoms with Crippen molar-refractivity contribution in [2.24, 2.45) is 0 Å². The van der Waals surface area contributed by atoms with E-state index in [0.717, 1.165) is 23.1 Å². The lowest BCUT2D eigenvalue weighted by Crippen LogP contribution is -2.00. The van der Waals surface area contributed by atoms with Crippen LogP contribution in [-0.4, -0.2) is 22.5 Å². The van der Waals surface area contributed by atoms with E-state index in [1.54, 1.807) is 7.11 Å². The Labute approximate surface area is 110 Å². The number of hydrogen-bond acceptors (Lipinski definition) is 5. The summed E-state index contributed by atoms with van der Waals surface area (Å²) in [6, 6.07) is 8.65. The highest BCUT2D eigenvalue weighted by atomic mass is 32.1. The van der Waals surface area contributed by atoms with Crippen molar-refractivity contribution in [3.05, 3.63) is 35.7 Å². The molecule has 1 aliphatic rings. The topological polar surface area (TPSA) is 47.0 Å². The normalized spacial score (nSPS) is 14.5. The standard InChI is InChI=1S/C13H15N3OS/c1-17-11-4-2-3-9(7-11)8-12-15-13(18-16-12)14-10-5-6-10/h2-4,7,10H,5-6,8H2,1H3,(H,14,15,16). The van der Waals surface area contributed by atoms with Gasteiger partial charge in [-0.2, -0.15) is 4.37 Å². The minimum Gasteiger partial charge on any atom is -0.497 e. The summed E-state index contributed by atoms with van der Waals surface area (Å²) >= 11 is 1.44. The van der Waals surface area contributed by atoms with E-state index < -0.39 is 0 Å². The number of nitrogens with one attached hydrogen (secondary N) is 1. The van der Waals surface area contributed by atoms with Gasteiger partial charge in [0.1, 0.15) is 11.6 Å². The van der Waals surface area contributed by atoms with Crippen LogP contribution in [0, 0.1) is 0 Å². The van der Waals surface area contributed by atoms with Gasteiger partial charge < -0.3 is 10.1 Å². The number of methoxy groups -OCH3 is 1. The zero-order valence-electron chi connectivity index (χ0n) is 10.2. The Morgan fingerprint density at radius 3 is 3.11 bits per heavy atom. The van der Waals surface area contributed by atoms with Crippen LogP contribution in [0.5, 0.6) is 5.75 Å². The average molecular weight is 261 g/mol. The third kappa shape index (κ3) is 2.79. The Morgan fingerprint density at radius 2 is 2.33 bits per heavy atom. The predicted molar refractivity (Wildman–Crippen MR) is 72.4 cm³/mol. The van der Waals surface area contributed by atoms with E-state index in [9.17, 15) is 0 Å². The van der Waals surface area contributed by atoms with Gasteiger partial charge in [0.2, 0.25) is 5.13 Å². The number of anilines is 1. The predicted octanol–water partition coefficient (Wildman–Crippen LogP) is 2.71. The maximum absolute atomic E-state index is 5.21. The molecule has 0 aliphatic heterocycles. The minimum absolute atomic E-state index is 0.627. The Balaban J connectivity index is 1.68. The molecular weight excluding hydrogens is 246 g/mol. The fourth-order valence-electron chi connectivity index (χ4n) is 1.75. The summed E-state index contributed by atoms with van der Waals surface area (Å²) in [7, 11) is 1.68. The molecule has 0 unspecified atom stereocenters. The van der Waals surface area contributed by atoms with Crippen molar-refractivity contribution in [3.8, 4) is 5.75 Å². The summed E-state index contributed by atoms with van der Waals surface area (Å²) in [5, 5.41) is 4.30. The molecule has 1 fully saturated rings. The first-order valence-electron chi connectivity index (χ1n) is 6.05. The van der Waals surface area contributed by atoms with Crippen LogP contribution in [-0.2, 0) is 6.42 Å². The first-order chi connectivity index (χ1) is 8.83. The Morgan fingerprint density at radius 1 is 1.44 bits per heavy atom. The molecule has 0 radical (unpaired) electrons. The maximum atomic E-state index is 5.21. The van der Waals surface area contributed by atoms with Crippen LogP contribution in [0.2, 0.25) is 0 Å². The van der Waals surface area contributed by atoms with E-state index >= 15 is 0 Å². The largest absolute Gasteiger partial charge is 0.497 e. The zero-order chi connectivity index (χ0) is 12.4. The number of hydrogen-bond donors (Lipinski definition) is 1. The fourth-order valence-corrected chi connectivity index (χ4v) is 2.41. The molecule has 5 heteroatoms. The van der Waals surface area contributed by atoms with Gasteiger partial charge in [0.05, 0.1) is 7.11 Å². The molecule has 1 N–H and O–H groups in total. The monoisotopic (exact) mass is 261 g/mol. The van der Waals surface area contributed by atoms with Gasteiger partial charge in [0.25, 0.3) is 0 Å². The first-order valence-corrected chi connectivity index (χ1v) is 6.83. The molecule has 4 nitrogen and oxygen atoms in total. The third-order valence-electron chi connectivity index (χ3n) is 2.87. The maximum Gasteiger partial charge on any atom is 0.202 e. The fraction of sp³-hybridized carbons (Fsp3) is 0.385. The smallest absolute Gasteiger partial charge is 0.202 e. The van der Waals surface area contributed by atoms with E-state index in [-0.39, 0.29) is 0 Å². The van der Waals surface area contributed by atoms with Crippen molar-refractivity contribution in [2.75, 3.05) is 12.4 Å². The summed E-state index contributed by atoms with van der Waals surface area (Å²) in [5.41, 5.74) is 1.17. The molecular formula is C13H15N3OS. The van der Waals surface area contributed by atoms with Crippen molar-refractivity contribution in [2.45, 2.75) is 25.3 Å². The van der Waals surface area contributed by atoms with Crippen LogP contribution in [0.3, 0.4) is 0 Å².